The van der Waals surface area contributed by atoms with Gasteiger partial charge in [0.05, 0.1) is 24.8 Å². The molecule has 3 rings (SSSR count). The number of hydrogen-bond acceptors (Lipinski definition) is 5. The minimum atomic E-state index is -4.44. The highest BCUT2D eigenvalue weighted by Gasteiger charge is 2.33. The number of nitrogens with one attached hydrogen (secondary N) is 2. The van der Waals surface area contributed by atoms with Crippen LogP contribution >= 0.6 is 22.9 Å². The average Bonchev–Trinajstić information content (AvgIpc) is 3.00. The maximum atomic E-state index is 12.6. The standard InChI is InChI=1S/C17H18ClF3N4O2S/c1-22-16(24-8-14-25-13(9-28-14)17(19,20)21)23-7-10-5-11(18)15-12(6-10)26-3-2-4-27-15/h5-6,9H,2-4,7-8H2,1H3,(H2,22,23,24). The molecule has 0 fully saturated rings. The Balaban J connectivity index is 1.58. The number of benzene rings is 1. The van der Waals surface area contributed by atoms with Gasteiger partial charge in [0.25, 0.3) is 0 Å². The van der Waals surface area contributed by atoms with Crippen LogP contribution in [0, 0.1) is 0 Å². The molecule has 0 spiro atoms. The summed E-state index contributed by atoms with van der Waals surface area (Å²) in [6.07, 6.45) is -3.66. The Morgan fingerprint density at radius 1 is 1.25 bits per heavy atom. The normalized spacial score (nSPS) is 14.5. The highest BCUT2D eigenvalue weighted by molar-refractivity contribution is 7.09. The number of nitrogens with zero attached hydrogens (tertiary/aromatic N) is 2. The zero-order chi connectivity index (χ0) is 20.1. The Morgan fingerprint density at radius 2 is 2.00 bits per heavy atom. The molecule has 2 N–H and O–H groups in total. The SMILES string of the molecule is CN=C(NCc1cc(Cl)c2c(c1)OCCCO2)NCc1nc(C(F)(F)F)cs1. The van der Waals surface area contributed by atoms with Crippen molar-refractivity contribution in [3.05, 3.63) is 38.8 Å². The maximum Gasteiger partial charge on any atom is 0.434 e. The van der Waals surface area contributed by atoms with E-state index in [-0.39, 0.29) is 6.54 Å². The summed E-state index contributed by atoms with van der Waals surface area (Å²) in [6, 6.07) is 3.61. The third-order valence-electron chi connectivity index (χ3n) is 3.79. The van der Waals surface area contributed by atoms with Gasteiger partial charge >= 0.3 is 6.18 Å². The molecule has 1 aliphatic rings. The van der Waals surface area contributed by atoms with Gasteiger partial charge in [0, 0.05) is 25.4 Å². The summed E-state index contributed by atoms with van der Waals surface area (Å²) in [5.74, 6) is 1.55. The predicted molar refractivity (Wildman–Crippen MR) is 101 cm³/mol. The van der Waals surface area contributed by atoms with Crippen LogP contribution in [0.5, 0.6) is 11.5 Å². The fourth-order valence-corrected chi connectivity index (χ4v) is 3.50. The first-order chi connectivity index (χ1) is 13.4. The molecule has 0 saturated carbocycles. The van der Waals surface area contributed by atoms with Crippen LogP contribution in [0.15, 0.2) is 22.5 Å². The van der Waals surface area contributed by atoms with Gasteiger partial charge in [-0.25, -0.2) is 4.98 Å². The molecule has 1 aromatic carbocycles. The summed E-state index contributed by atoms with van der Waals surface area (Å²) in [5.41, 5.74) is -0.0371. The Hall–Kier alpha value is -2.20. The molecule has 0 aliphatic carbocycles. The highest BCUT2D eigenvalue weighted by Crippen LogP contribution is 2.38. The molecule has 0 saturated heterocycles. The Labute approximate surface area is 168 Å². The van der Waals surface area contributed by atoms with Crippen LogP contribution in [-0.2, 0) is 19.3 Å². The van der Waals surface area contributed by atoms with E-state index in [0.717, 1.165) is 28.7 Å². The minimum absolute atomic E-state index is 0.127. The van der Waals surface area contributed by atoms with Crippen molar-refractivity contribution in [2.75, 3.05) is 20.3 Å². The molecule has 11 heteroatoms. The van der Waals surface area contributed by atoms with Crippen molar-refractivity contribution >= 4 is 28.9 Å². The number of thiazole rings is 1. The molecule has 0 bridgehead atoms. The van der Waals surface area contributed by atoms with Crippen molar-refractivity contribution in [2.24, 2.45) is 4.99 Å². The zero-order valence-corrected chi connectivity index (χ0v) is 16.5. The average molecular weight is 435 g/mol. The molecule has 0 amide bonds. The molecule has 0 unspecified atom stereocenters. The lowest BCUT2D eigenvalue weighted by molar-refractivity contribution is -0.140. The van der Waals surface area contributed by atoms with Crippen molar-refractivity contribution in [2.45, 2.75) is 25.7 Å². The van der Waals surface area contributed by atoms with E-state index in [1.54, 1.807) is 13.1 Å². The number of aromatic nitrogens is 1. The summed E-state index contributed by atoms with van der Waals surface area (Å²) < 4.78 is 49.1. The molecule has 28 heavy (non-hydrogen) atoms. The quantitative estimate of drug-likeness (QED) is 0.565. The molecule has 6 nitrogen and oxygen atoms in total. The molecule has 152 valence electrons. The zero-order valence-electron chi connectivity index (χ0n) is 14.9. The fourth-order valence-electron chi connectivity index (χ4n) is 2.47. The monoisotopic (exact) mass is 434 g/mol. The van der Waals surface area contributed by atoms with Crippen LogP contribution in [0.3, 0.4) is 0 Å². The van der Waals surface area contributed by atoms with Crippen LogP contribution in [0.1, 0.15) is 22.7 Å². The summed E-state index contributed by atoms with van der Waals surface area (Å²) in [6.45, 7) is 1.62. The van der Waals surface area contributed by atoms with Gasteiger partial charge in [-0.2, -0.15) is 13.2 Å². The van der Waals surface area contributed by atoms with E-state index in [1.807, 2.05) is 6.07 Å². The molecular formula is C17H18ClF3N4O2S. The summed E-state index contributed by atoms with van der Waals surface area (Å²) in [7, 11) is 1.57. The van der Waals surface area contributed by atoms with E-state index in [0.29, 0.717) is 47.2 Å². The van der Waals surface area contributed by atoms with E-state index < -0.39 is 11.9 Å². The molecule has 0 radical (unpaired) electrons. The maximum absolute atomic E-state index is 12.6. The van der Waals surface area contributed by atoms with E-state index in [4.69, 9.17) is 21.1 Å². The second-order valence-electron chi connectivity index (χ2n) is 5.86. The Morgan fingerprint density at radius 3 is 2.71 bits per heavy atom. The number of fused-ring (bicyclic) bond motifs is 1. The first-order valence-electron chi connectivity index (χ1n) is 8.41. The number of halogens is 4. The van der Waals surface area contributed by atoms with Gasteiger partial charge in [0.1, 0.15) is 5.01 Å². The van der Waals surface area contributed by atoms with Crippen molar-refractivity contribution in [3.8, 4) is 11.5 Å². The minimum Gasteiger partial charge on any atom is -0.489 e. The van der Waals surface area contributed by atoms with Crippen LogP contribution in [0.4, 0.5) is 13.2 Å². The number of guanidine groups is 1. The molecule has 0 atom stereocenters. The third kappa shape index (κ3) is 5.20. The van der Waals surface area contributed by atoms with Crippen molar-refractivity contribution < 1.29 is 22.6 Å². The summed E-state index contributed by atoms with van der Waals surface area (Å²) >= 11 is 7.21. The van der Waals surface area contributed by atoms with Gasteiger partial charge in [-0.1, -0.05) is 11.6 Å². The van der Waals surface area contributed by atoms with E-state index in [1.165, 1.54) is 0 Å². The molecule has 1 aromatic heterocycles. The molecule has 2 heterocycles. The Bertz CT molecular complexity index is 857. The van der Waals surface area contributed by atoms with Crippen LogP contribution in [0.25, 0.3) is 0 Å². The van der Waals surface area contributed by atoms with E-state index >= 15 is 0 Å². The topological polar surface area (TPSA) is 67.8 Å². The van der Waals surface area contributed by atoms with Crippen LogP contribution < -0.4 is 20.1 Å². The second-order valence-corrected chi connectivity index (χ2v) is 7.21. The Kier molecular flexibility index (Phi) is 6.50. The lowest BCUT2D eigenvalue weighted by Crippen LogP contribution is -2.36. The van der Waals surface area contributed by atoms with Gasteiger partial charge in [-0.15, -0.1) is 11.3 Å². The van der Waals surface area contributed by atoms with Gasteiger partial charge in [-0.3, -0.25) is 4.99 Å². The fraction of sp³-hybridized carbons (Fsp3) is 0.412. The third-order valence-corrected chi connectivity index (χ3v) is 4.92. The lowest BCUT2D eigenvalue weighted by Gasteiger charge is -2.14. The van der Waals surface area contributed by atoms with E-state index in [9.17, 15) is 13.2 Å². The van der Waals surface area contributed by atoms with Gasteiger partial charge in [-0.05, 0) is 17.7 Å². The molecule has 2 aromatic rings. The second kappa shape index (κ2) is 8.87. The number of ether oxygens (including phenoxy) is 2. The van der Waals surface area contributed by atoms with Crippen molar-refractivity contribution in [1.82, 2.24) is 15.6 Å². The van der Waals surface area contributed by atoms with Gasteiger partial charge in [0.2, 0.25) is 0 Å². The smallest absolute Gasteiger partial charge is 0.434 e. The van der Waals surface area contributed by atoms with Crippen LogP contribution in [0.2, 0.25) is 5.02 Å². The van der Waals surface area contributed by atoms with E-state index in [2.05, 4.69) is 20.6 Å². The van der Waals surface area contributed by atoms with Crippen molar-refractivity contribution in [3.63, 3.8) is 0 Å². The number of alkyl halides is 3. The van der Waals surface area contributed by atoms with Crippen LogP contribution in [-0.4, -0.2) is 31.2 Å². The molecule has 1 aliphatic heterocycles. The number of aliphatic imine (C=N–C) groups is 1. The lowest BCUT2D eigenvalue weighted by atomic mass is 10.2. The molecular weight excluding hydrogens is 417 g/mol. The van der Waals surface area contributed by atoms with Gasteiger partial charge < -0.3 is 20.1 Å². The van der Waals surface area contributed by atoms with Crippen molar-refractivity contribution in [1.29, 1.82) is 0 Å². The number of hydrogen-bond donors (Lipinski definition) is 2. The summed E-state index contributed by atoms with van der Waals surface area (Å²) in [5, 5.41) is 7.79. The first-order valence-corrected chi connectivity index (χ1v) is 9.66. The number of rotatable bonds is 4. The largest absolute Gasteiger partial charge is 0.489 e. The first kappa shape index (κ1) is 20.5. The summed E-state index contributed by atoms with van der Waals surface area (Å²) in [4.78, 5) is 7.63. The predicted octanol–water partition coefficient (Wildman–Crippen LogP) is 3.84. The highest BCUT2D eigenvalue weighted by atomic mass is 35.5. The van der Waals surface area contributed by atoms with Gasteiger partial charge in [0.15, 0.2) is 23.2 Å².